The third kappa shape index (κ3) is 3.64. The molecule has 2 aromatic rings. The van der Waals surface area contributed by atoms with Crippen LogP contribution < -0.4 is 5.32 Å². The molecule has 0 atom stereocenters. The van der Waals surface area contributed by atoms with Gasteiger partial charge in [-0.2, -0.15) is 0 Å². The lowest BCUT2D eigenvalue weighted by Gasteiger charge is -2.06. The van der Waals surface area contributed by atoms with E-state index >= 15 is 0 Å². The Kier molecular flexibility index (Phi) is 4.47. The van der Waals surface area contributed by atoms with Gasteiger partial charge in [-0.25, -0.2) is 9.97 Å². The molecule has 0 radical (unpaired) electrons. The Bertz CT molecular complexity index is 660. The van der Waals surface area contributed by atoms with Crippen LogP contribution in [-0.4, -0.2) is 27.0 Å². The molecule has 0 spiro atoms. The van der Waals surface area contributed by atoms with E-state index in [-0.39, 0.29) is 36.1 Å². The van der Waals surface area contributed by atoms with E-state index in [1.54, 1.807) is 12.1 Å². The van der Waals surface area contributed by atoms with Crippen LogP contribution in [0.25, 0.3) is 11.0 Å². The Labute approximate surface area is 119 Å². The summed E-state index contributed by atoms with van der Waals surface area (Å²) in [7, 11) is 0. The van der Waals surface area contributed by atoms with Crippen LogP contribution in [0.4, 0.5) is 5.82 Å². The number of carboxylic acids is 1. The minimum Gasteiger partial charge on any atom is -0.481 e. The number of aliphatic carboxylic acids is 1. The first-order valence-corrected chi connectivity index (χ1v) is 6.38. The molecule has 0 aliphatic carbocycles. The van der Waals surface area contributed by atoms with Crippen LogP contribution >= 0.6 is 11.6 Å². The highest BCUT2D eigenvalue weighted by Crippen LogP contribution is 2.21. The molecule has 1 heterocycles. The number of nitrogens with zero attached hydrogens (tertiary/aromatic N) is 2. The summed E-state index contributed by atoms with van der Waals surface area (Å²) >= 11 is 5.95. The second kappa shape index (κ2) is 6.29. The normalized spacial score (nSPS) is 10.4. The molecule has 6 nitrogen and oxygen atoms in total. The van der Waals surface area contributed by atoms with E-state index in [9.17, 15) is 9.59 Å². The zero-order valence-corrected chi connectivity index (χ0v) is 11.2. The van der Waals surface area contributed by atoms with Gasteiger partial charge < -0.3 is 10.4 Å². The molecule has 104 valence electrons. The van der Waals surface area contributed by atoms with E-state index in [0.29, 0.717) is 11.0 Å². The summed E-state index contributed by atoms with van der Waals surface area (Å²) < 4.78 is 0. The Morgan fingerprint density at radius 2 is 1.80 bits per heavy atom. The first kappa shape index (κ1) is 14.2. The summed E-state index contributed by atoms with van der Waals surface area (Å²) in [5.41, 5.74) is 1.26. The van der Waals surface area contributed by atoms with Crippen LogP contribution in [0.2, 0.25) is 5.15 Å². The van der Waals surface area contributed by atoms with Crippen LogP contribution in [0.1, 0.15) is 19.3 Å². The lowest BCUT2D eigenvalue weighted by atomic mass is 10.2. The number of amides is 1. The molecule has 2 rings (SSSR count). The van der Waals surface area contributed by atoms with Gasteiger partial charge in [0.2, 0.25) is 5.91 Å². The topological polar surface area (TPSA) is 92.2 Å². The van der Waals surface area contributed by atoms with Crippen molar-refractivity contribution in [2.45, 2.75) is 19.3 Å². The lowest BCUT2D eigenvalue weighted by molar-refractivity contribution is -0.137. The number of hydrogen-bond donors (Lipinski definition) is 2. The van der Waals surface area contributed by atoms with Crippen molar-refractivity contribution in [1.29, 1.82) is 0 Å². The summed E-state index contributed by atoms with van der Waals surface area (Å²) in [4.78, 5) is 30.4. The van der Waals surface area contributed by atoms with Crippen LogP contribution in [-0.2, 0) is 9.59 Å². The Morgan fingerprint density at radius 3 is 2.45 bits per heavy atom. The molecule has 1 aromatic carbocycles. The Balaban J connectivity index is 2.07. The summed E-state index contributed by atoms with van der Waals surface area (Å²) in [6, 6.07) is 7.16. The predicted molar refractivity (Wildman–Crippen MR) is 74.7 cm³/mol. The van der Waals surface area contributed by atoms with E-state index in [1.165, 1.54) is 0 Å². The maximum absolute atomic E-state index is 11.7. The first-order chi connectivity index (χ1) is 9.56. The highest BCUT2D eigenvalue weighted by Gasteiger charge is 2.10. The molecule has 0 unspecified atom stereocenters. The van der Waals surface area contributed by atoms with Gasteiger partial charge in [-0.05, 0) is 18.6 Å². The number of para-hydroxylation sites is 2. The van der Waals surface area contributed by atoms with Gasteiger partial charge in [0.1, 0.15) is 0 Å². The van der Waals surface area contributed by atoms with Gasteiger partial charge in [-0.1, -0.05) is 23.7 Å². The number of carbonyl (C=O) groups excluding carboxylic acids is 1. The summed E-state index contributed by atoms with van der Waals surface area (Å²) in [6.45, 7) is 0. The maximum Gasteiger partial charge on any atom is 0.303 e. The molecule has 2 N–H and O–H groups in total. The molecule has 0 bridgehead atoms. The highest BCUT2D eigenvalue weighted by molar-refractivity contribution is 6.32. The van der Waals surface area contributed by atoms with Crippen molar-refractivity contribution in [1.82, 2.24) is 9.97 Å². The fraction of sp³-hybridized carbons (Fsp3) is 0.231. The van der Waals surface area contributed by atoms with Gasteiger partial charge in [-0.3, -0.25) is 9.59 Å². The van der Waals surface area contributed by atoms with E-state index < -0.39 is 5.97 Å². The number of rotatable bonds is 5. The number of fused-ring (bicyclic) bond motifs is 1. The Morgan fingerprint density at radius 1 is 1.15 bits per heavy atom. The minimum atomic E-state index is -0.929. The molecular weight excluding hydrogens is 282 g/mol. The van der Waals surface area contributed by atoms with Crippen molar-refractivity contribution in [3.05, 3.63) is 29.4 Å². The van der Waals surface area contributed by atoms with Crippen molar-refractivity contribution in [3.8, 4) is 0 Å². The van der Waals surface area contributed by atoms with Crippen LogP contribution in [0.15, 0.2) is 24.3 Å². The fourth-order valence-electron chi connectivity index (χ4n) is 1.65. The zero-order valence-electron chi connectivity index (χ0n) is 10.5. The van der Waals surface area contributed by atoms with Crippen LogP contribution in [0.5, 0.6) is 0 Å². The maximum atomic E-state index is 11.7. The monoisotopic (exact) mass is 293 g/mol. The van der Waals surface area contributed by atoms with Gasteiger partial charge in [0, 0.05) is 12.8 Å². The molecule has 0 saturated heterocycles. The third-order valence-corrected chi connectivity index (χ3v) is 2.84. The van der Waals surface area contributed by atoms with Gasteiger partial charge in [-0.15, -0.1) is 0 Å². The quantitative estimate of drug-likeness (QED) is 0.883. The number of carboxylic acid groups (broad SMARTS) is 1. The number of aromatic nitrogens is 2. The molecule has 20 heavy (non-hydrogen) atoms. The summed E-state index contributed by atoms with van der Waals surface area (Å²) in [5, 5.41) is 11.1. The highest BCUT2D eigenvalue weighted by atomic mass is 35.5. The van der Waals surface area contributed by atoms with Gasteiger partial charge in [0.25, 0.3) is 0 Å². The number of anilines is 1. The summed E-state index contributed by atoms with van der Waals surface area (Å²) in [6.07, 6.45) is 0.307. The SMILES string of the molecule is O=C(O)CCCC(=O)Nc1nc2ccccc2nc1Cl. The van der Waals surface area contributed by atoms with Crippen molar-refractivity contribution in [2.75, 3.05) is 5.32 Å². The first-order valence-electron chi connectivity index (χ1n) is 6.00. The number of halogens is 1. The van der Waals surface area contributed by atoms with Gasteiger partial charge >= 0.3 is 5.97 Å². The second-order valence-electron chi connectivity index (χ2n) is 4.15. The average molecular weight is 294 g/mol. The molecule has 1 amide bonds. The van der Waals surface area contributed by atoms with E-state index in [0.717, 1.165) is 0 Å². The van der Waals surface area contributed by atoms with Crippen molar-refractivity contribution in [3.63, 3.8) is 0 Å². The van der Waals surface area contributed by atoms with Crippen molar-refractivity contribution >= 4 is 40.3 Å². The van der Waals surface area contributed by atoms with Crippen LogP contribution in [0.3, 0.4) is 0 Å². The van der Waals surface area contributed by atoms with Gasteiger partial charge in [0.05, 0.1) is 11.0 Å². The fourth-order valence-corrected chi connectivity index (χ4v) is 1.83. The van der Waals surface area contributed by atoms with Gasteiger partial charge in [0.15, 0.2) is 11.0 Å². The van der Waals surface area contributed by atoms with E-state index in [2.05, 4.69) is 15.3 Å². The number of carbonyl (C=O) groups is 2. The van der Waals surface area contributed by atoms with Crippen molar-refractivity contribution < 1.29 is 14.7 Å². The average Bonchev–Trinajstić information content (AvgIpc) is 2.39. The largest absolute Gasteiger partial charge is 0.481 e. The molecular formula is C13H12ClN3O3. The number of benzene rings is 1. The number of hydrogen-bond acceptors (Lipinski definition) is 4. The number of nitrogens with one attached hydrogen (secondary N) is 1. The van der Waals surface area contributed by atoms with E-state index in [1.807, 2.05) is 12.1 Å². The minimum absolute atomic E-state index is 0.0510. The smallest absolute Gasteiger partial charge is 0.303 e. The molecule has 0 aliphatic rings. The lowest BCUT2D eigenvalue weighted by Crippen LogP contribution is -2.13. The van der Waals surface area contributed by atoms with Crippen molar-refractivity contribution in [2.24, 2.45) is 0 Å². The zero-order chi connectivity index (χ0) is 14.5. The molecule has 0 aliphatic heterocycles. The third-order valence-electron chi connectivity index (χ3n) is 2.58. The van der Waals surface area contributed by atoms with Crippen LogP contribution in [0, 0.1) is 0 Å². The second-order valence-corrected chi connectivity index (χ2v) is 4.51. The van der Waals surface area contributed by atoms with E-state index in [4.69, 9.17) is 16.7 Å². The predicted octanol–water partition coefficient (Wildman–Crippen LogP) is 2.48. The summed E-state index contributed by atoms with van der Waals surface area (Å²) in [5.74, 6) is -1.08. The molecule has 0 fully saturated rings. The molecule has 1 aromatic heterocycles. The molecule has 0 saturated carbocycles. The standard InChI is InChI=1S/C13H12ClN3O3/c14-12-13(17-10(18)6-3-7-11(19)20)16-9-5-2-1-4-8(9)15-12/h1-2,4-5H,3,6-7H2,(H,19,20)(H,16,17,18). The Hall–Kier alpha value is -2.21. The molecule has 7 heteroatoms.